The van der Waals surface area contributed by atoms with Crippen LogP contribution in [0, 0.1) is 12.7 Å². The maximum atomic E-state index is 14.0. The van der Waals surface area contributed by atoms with Crippen LogP contribution in [0.15, 0.2) is 61.1 Å². The van der Waals surface area contributed by atoms with Gasteiger partial charge < -0.3 is 20.8 Å². The molecule has 4 N–H and O–H groups in total. The molecule has 9 nitrogen and oxygen atoms in total. The molecule has 10 heteroatoms. The first-order valence-corrected chi connectivity index (χ1v) is 11.1. The second-order valence-corrected chi connectivity index (χ2v) is 7.83. The van der Waals surface area contributed by atoms with Crippen LogP contribution in [0.4, 0.5) is 10.1 Å². The highest BCUT2D eigenvalue weighted by Crippen LogP contribution is 2.31. The Kier molecular flexibility index (Phi) is 6.27. The second-order valence-electron chi connectivity index (χ2n) is 7.83. The Morgan fingerprint density at radius 2 is 1.97 bits per heavy atom. The quantitative estimate of drug-likeness (QED) is 0.312. The molecule has 176 valence electrons. The first-order valence-electron chi connectivity index (χ1n) is 11.1. The van der Waals surface area contributed by atoms with Crippen LogP contribution in [0.1, 0.15) is 11.5 Å². The molecule has 0 amide bonds. The molecule has 0 aliphatic carbocycles. The molecule has 0 saturated heterocycles. The van der Waals surface area contributed by atoms with Gasteiger partial charge in [0.05, 0.1) is 47.0 Å². The van der Waals surface area contributed by atoms with Crippen LogP contribution >= 0.6 is 0 Å². The van der Waals surface area contributed by atoms with E-state index in [-0.39, 0.29) is 6.54 Å². The van der Waals surface area contributed by atoms with Crippen LogP contribution in [-0.4, -0.2) is 43.1 Å². The van der Waals surface area contributed by atoms with Crippen LogP contribution in [0.5, 0.6) is 5.88 Å². The monoisotopic (exact) mass is 470 g/mol. The molecule has 5 rings (SSSR count). The summed E-state index contributed by atoms with van der Waals surface area (Å²) in [6.45, 7) is 2.96. The molecule has 0 atom stereocenters. The largest absolute Gasteiger partial charge is 0.475 e. The number of imidazole rings is 1. The van der Waals surface area contributed by atoms with Crippen molar-refractivity contribution in [2.75, 3.05) is 18.5 Å². The predicted octanol–water partition coefficient (Wildman–Crippen LogP) is 3.87. The van der Waals surface area contributed by atoms with Crippen molar-refractivity contribution in [2.24, 2.45) is 5.73 Å². The number of halogens is 1. The number of anilines is 1. The number of nitrogens with two attached hydrogens (primary N) is 1. The van der Waals surface area contributed by atoms with Crippen molar-refractivity contribution in [3.05, 3.63) is 78.4 Å². The van der Waals surface area contributed by atoms with Crippen molar-refractivity contribution in [1.82, 2.24) is 29.9 Å². The van der Waals surface area contributed by atoms with E-state index in [9.17, 15) is 4.39 Å². The number of hydrogen-bond acceptors (Lipinski definition) is 8. The third-order valence-electron chi connectivity index (χ3n) is 5.28. The van der Waals surface area contributed by atoms with Gasteiger partial charge in [-0.15, -0.1) is 0 Å². The van der Waals surface area contributed by atoms with Gasteiger partial charge in [-0.2, -0.15) is 0 Å². The number of nitrogens with zero attached hydrogens (tertiary/aromatic N) is 5. The molecule has 5 aromatic rings. The first kappa shape index (κ1) is 22.4. The molecule has 0 aliphatic heterocycles. The molecular weight excluding hydrogens is 447 g/mol. The number of aromatic amines is 1. The van der Waals surface area contributed by atoms with E-state index in [2.05, 4.69) is 30.2 Å². The van der Waals surface area contributed by atoms with Gasteiger partial charge in [0.15, 0.2) is 5.82 Å². The summed E-state index contributed by atoms with van der Waals surface area (Å²) >= 11 is 0. The molecule has 1 aromatic carbocycles. The van der Waals surface area contributed by atoms with Gasteiger partial charge in [0.1, 0.15) is 18.1 Å². The molecule has 0 bridgehead atoms. The Balaban J connectivity index is 1.54. The van der Waals surface area contributed by atoms with E-state index < -0.39 is 5.82 Å². The molecule has 35 heavy (non-hydrogen) atoms. The van der Waals surface area contributed by atoms with E-state index in [1.165, 1.54) is 12.4 Å². The zero-order valence-corrected chi connectivity index (χ0v) is 19.0. The predicted molar refractivity (Wildman–Crippen MR) is 131 cm³/mol. The van der Waals surface area contributed by atoms with Gasteiger partial charge in [0, 0.05) is 24.0 Å². The minimum atomic E-state index is -0.430. The summed E-state index contributed by atoms with van der Waals surface area (Å²) in [5.41, 5.74) is 11.2. The van der Waals surface area contributed by atoms with E-state index in [1.807, 2.05) is 43.3 Å². The number of pyridine rings is 2. The highest BCUT2D eigenvalue weighted by Gasteiger charge is 2.17. The first-order chi connectivity index (χ1) is 17.1. The lowest BCUT2D eigenvalue weighted by Gasteiger charge is -2.07. The molecule has 0 radical (unpaired) electrons. The third-order valence-corrected chi connectivity index (χ3v) is 5.28. The SMILES string of the molecule is Cc1cccc(-c2nc(CNc3ccncc3F)[nH]c2-c2ccc3ncc(OCCN)nc3c2)n1. The van der Waals surface area contributed by atoms with Gasteiger partial charge in [0.25, 0.3) is 0 Å². The van der Waals surface area contributed by atoms with Crippen LogP contribution < -0.4 is 15.8 Å². The third kappa shape index (κ3) is 4.92. The number of aromatic nitrogens is 6. The van der Waals surface area contributed by atoms with Crippen molar-refractivity contribution in [3.63, 3.8) is 0 Å². The average Bonchev–Trinajstić information content (AvgIpc) is 3.31. The Morgan fingerprint density at radius 3 is 2.80 bits per heavy atom. The number of hydrogen-bond donors (Lipinski definition) is 3. The van der Waals surface area contributed by atoms with E-state index in [1.54, 1.807) is 12.3 Å². The molecule has 0 fully saturated rings. The standard InChI is InChI=1S/C25H23FN8O/c1-15-3-2-4-20(31-15)25-24(33-22(34-25)13-29-18-7-9-28-12-17(18)26)16-5-6-19-21(11-16)32-23(14-30-19)35-10-8-27/h2-7,9,11-12,14H,8,10,13,27H2,1H3,(H,28,29)(H,33,34). The van der Waals surface area contributed by atoms with Crippen LogP contribution in [-0.2, 0) is 6.54 Å². The number of fused-ring (bicyclic) bond motifs is 1. The van der Waals surface area contributed by atoms with E-state index in [0.717, 1.165) is 28.2 Å². The molecule has 0 aliphatic rings. The lowest BCUT2D eigenvalue weighted by atomic mass is 10.1. The number of ether oxygens (including phenoxy) is 1. The van der Waals surface area contributed by atoms with E-state index in [0.29, 0.717) is 41.8 Å². The second kappa shape index (κ2) is 9.82. The fraction of sp³-hybridized carbons (Fsp3) is 0.160. The maximum absolute atomic E-state index is 14.0. The molecule has 0 unspecified atom stereocenters. The molecule has 0 spiro atoms. The fourth-order valence-electron chi connectivity index (χ4n) is 3.66. The summed E-state index contributed by atoms with van der Waals surface area (Å²) in [6, 6.07) is 13.1. The normalized spacial score (nSPS) is 11.1. The lowest BCUT2D eigenvalue weighted by molar-refractivity contribution is 0.315. The number of H-pyrrole nitrogens is 1. The van der Waals surface area contributed by atoms with Crippen molar-refractivity contribution in [3.8, 4) is 28.5 Å². The Labute approximate surface area is 200 Å². The van der Waals surface area contributed by atoms with Crippen molar-refractivity contribution in [2.45, 2.75) is 13.5 Å². The minimum Gasteiger partial charge on any atom is -0.475 e. The van der Waals surface area contributed by atoms with Crippen molar-refractivity contribution in [1.29, 1.82) is 0 Å². The molecule has 4 aromatic heterocycles. The number of benzene rings is 1. The fourth-order valence-corrected chi connectivity index (χ4v) is 3.66. The summed E-state index contributed by atoms with van der Waals surface area (Å²) in [5, 5.41) is 3.06. The Morgan fingerprint density at radius 1 is 1.06 bits per heavy atom. The Bertz CT molecular complexity index is 1490. The highest BCUT2D eigenvalue weighted by atomic mass is 19.1. The molecule has 0 saturated carbocycles. The number of rotatable bonds is 8. The zero-order chi connectivity index (χ0) is 24.2. The number of aryl methyl sites for hydroxylation is 1. The van der Waals surface area contributed by atoms with Gasteiger partial charge in [-0.05, 0) is 37.3 Å². The van der Waals surface area contributed by atoms with Gasteiger partial charge in [-0.25, -0.2) is 19.3 Å². The van der Waals surface area contributed by atoms with Gasteiger partial charge in [0.2, 0.25) is 5.88 Å². The summed E-state index contributed by atoms with van der Waals surface area (Å²) in [5.74, 6) is 0.607. The summed E-state index contributed by atoms with van der Waals surface area (Å²) in [7, 11) is 0. The van der Waals surface area contributed by atoms with Gasteiger partial charge in [-0.3, -0.25) is 9.97 Å². The van der Waals surface area contributed by atoms with Crippen LogP contribution in [0.2, 0.25) is 0 Å². The van der Waals surface area contributed by atoms with Gasteiger partial charge >= 0.3 is 0 Å². The smallest absolute Gasteiger partial charge is 0.232 e. The summed E-state index contributed by atoms with van der Waals surface area (Å²) < 4.78 is 19.5. The maximum Gasteiger partial charge on any atom is 0.232 e. The van der Waals surface area contributed by atoms with Crippen molar-refractivity contribution < 1.29 is 9.13 Å². The highest BCUT2D eigenvalue weighted by molar-refractivity contribution is 5.85. The summed E-state index contributed by atoms with van der Waals surface area (Å²) in [6.07, 6.45) is 4.28. The van der Waals surface area contributed by atoms with Crippen LogP contribution in [0.3, 0.4) is 0 Å². The molecule has 4 heterocycles. The average molecular weight is 471 g/mol. The minimum absolute atomic E-state index is 0.282. The van der Waals surface area contributed by atoms with E-state index >= 15 is 0 Å². The summed E-state index contributed by atoms with van der Waals surface area (Å²) in [4.78, 5) is 25.6. The topological polar surface area (TPSA) is 128 Å². The lowest BCUT2D eigenvalue weighted by Crippen LogP contribution is -2.11. The van der Waals surface area contributed by atoms with Crippen LogP contribution in [0.25, 0.3) is 33.7 Å². The molecular formula is C25H23FN8O. The van der Waals surface area contributed by atoms with E-state index in [4.69, 9.17) is 15.5 Å². The van der Waals surface area contributed by atoms with Gasteiger partial charge in [-0.1, -0.05) is 12.1 Å². The van der Waals surface area contributed by atoms with Crippen molar-refractivity contribution >= 4 is 16.7 Å². The Hall–Kier alpha value is -4.44. The number of nitrogens with one attached hydrogen (secondary N) is 2. The zero-order valence-electron chi connectivity index (χ0n) is 19.0.